The Labute approximate surface area is 171 Å². The molecule has 6 nitrogen and oxygen atoms in total. The summed E-state index contributed by atoms with van der Waals surface area (Å²) in [6.07, 6.45) is 0. The molecule has 1 saturated heterocycles. The van der Waals surface area contributed by atoms with E-state index in [0.29, 0.717) is 54.8 Å². The summed E-state index contributed by atoms with van der Waals surface area (Å²) in [5.41, 5.74) is 1.56. The topological polar surface area (TPSA) is 69.7 Å². The molecule has 0 unspecified atom stereocenters. The normalized spacial score (nSPS) is 16.1. The minimum Gasteiger partial charge on any atom is -0.351 e. The first-order chi connectivity index (χ1) is 13.4. The van der Waals surface area contributed by atoms with E-state index in [2.05, 4.69) is 10.2 Å². The van der Waals surface area contributed by atoms with E-state index in [1.54, 1.807) is 36.4 Å². The molecule has 8 heteroatoms. The van der Waals surface area contributed by atoms with Crippen LogP contribution in [0.5, 0.6) is 0 Å². The highest BCUT2D eigenvalue weighted by Crippen LogP contribution is 2.18. The molecule has 1 aliphatic heterocycles. The molecule has 0 saturated carbocycles. The van der Waals surface area contributed by atoms with Crippen LogP contribution in [0.3, 0.4) is 0 Å². The number of nitrogens with zero attached hydrogens (tertiary/aromatic N) is 2. The lowest BCUT2D eigenvalue weighted by atomic mass is 10.2. The summed E-state index contributed by atoms with van der Waals surface area (Å²) in [4.78, 5) is 14.6. The van der Waals surface area contributed by atoms with Crippen molar-refractivity contribution in [1.82, 2.24) is 14.5 Å². The van der Waals surface area contributed by atoms with Gasteiger partial charge in [0.15, 0.2) is 0 Å². The van der Waals surface area contributed by atoms with Crippen LogP contribution in [0.25, 0.3) is 0 Å². The third-order valence-electron chi connectivity index (χ3n) is 4.79. The van der Waals surface area contributed by atoms with Crippen molar-refractivity contribution >= 4 is 27.5 Å². The summed E-state index contributed by atoms with van der Waals surface area (Å²) in [6.45, 7) is 5.26. The Hall–Kier alpha value is -1.93. The monoisotopic (exact) mass is 421 g/mol. The average Bonchev–Trinajstić information content (AvgIpc) is 2.68. The summed E-state index contributed by atoms with van der Waals surface area (Å²) >= 11 is 5.91. The number of nitrogens with one attached hydrogen (secondary N) is 1. The summed E-state index contributed by atoms with van der Waals surface area (Å²) < 4.78 is 27.0. The zero-order valence-corrected chi connectivity index (χ0v) is 17.3. The second kappa shape index (κ2) is 9.05. The molecule has 1 fully saturated rings. The third kappa shape index (κ3) is 5.11. The molecule has 1 N–H and O–H groups in total. The maximum Gasteiger partial charge on any atom is 0.251 e. The number of sulfonamides is 1. The number of hydrogen-bond acceptors (Lipinski definition) is 4. The molecule has 3 rings (SSSR count). The van der Waals surface area contributed by atoms with Crippen LogP contribution in [0, 0.1) is 6.92 Å². The van der Waals surface area contributed by atoms with E-state index in [1.807, 2.05) is 19.1 Å². The fourth-order valence-electron chi connectivity index (χ4n) is 3.11. The highest BCUT2D eigenvalue weighted by Gasteiger charge is 2.28. The Balaban J connectivity index is 1.46. The Kier molecular flexibility index (Phi) is 6.72. The molecule has 1 heterocycles. The van der Waals surface area contributed by atoms with Gasteiger partial charge in [-0.15, -0.1) is 0 Å². The van der Waals surface area contributed by atoms with E-state index >= 15 is 0 Å². The van der Waals surface area contributed by atoms with E-state index in [4.69, 9.17) is 11.6 Å². The van der Waals surface area contributed by atoms with Gasteiger partial charge in [0.2, 0.25) is 10.0 Å². The first-order valence-corrected chi connectivity index (χ1v) is 11.0. The van der Waals surface area contributed by atoms with Gasteiger partial charge in [-0.2, -0.15) is 4.31 Å². The molecule has 0 radical (unpaired) electrons. The van der Waals surface area contributed by atoms with E-state index in [9.17, 15) is 13.2 Å². The molecular weight excluding hydrogens is 398 g/mol. The first-order valence-electron chi connectivity index (χ1n) is 9.19. The summed E-state index contributed by atoms with van der Waals surface area (Å²) in [5, 5.41) is 3.40. The zero-order valence-electron chi connectivity index (χ0n) is 15.8. The van der Waals surface area contributed by atoms with Crippen molar-refractivity contribution in [3.63, 3.8) is 0 Å². The van der Waals surface area contributed by atoms with Crippen LogP contribution in [-0.4, -0.2) is 62.8 Å². The lowest BCUT2D eigenvalue weighted by molar-refractivity contribution is 0.0945. The SMILES string of the molecule is Cc1ccc(S(=O)(=O)N2CCN(CCNC(=O)c3cccc(Cl)c3)CC2)cc1. The number of piperazine rings is 1. The van der Waals surface area contributed by atoms with Crippen LogP contribution in [0.1, 0.15) is 15.9 Å². The molecule has 2 aromatic rings. The van der Waals surface area contributed by atoms with Gasteiger partial charge in [-0.05, 0) is 37.3 Å². The molecule has 0 atom stereocenters. The molecule has 0 aromatic heterocycles. The molecule has 150 valence electrons. The van der Waals surface area contributed by atoms with Crippen LogP contribution in [0.4, 0.5) is 0 Å². The maximum atomic E-state index is 12.7. The highest BCUT2D eigenvalue weighted by atomic mass is 35.5. The Morgan fingerprint density at radius 3 is 2.39 bits per heavy atom. The average molecular weight is 422 g/mol. The fraction of sp³-hybridized carbons (Fsp3) is 0.350. The van der Waals surface area contributed by atoms with Gasteiger partial charge in [0.05, 0.1) is 4.90 Å². The van der Waals surface area contributed by atoms with Gasteiger partial charge in [-0.25, -0.2) is 8.42 Å². The van der Waals surface area contributed by atoms with E-state index in [0.717, 1.165) is 5.56 Å². The second-order valence-corrected chi connectivity index (χ2v) is 9.20. The number of rotatable bonds is 6. The molecule has 28 heavy (non-hydrogen) atoms. The van der Waals surface area contributed by atoms with Crippen molar-refractivity contribution in [1.29, 1.82) is 0 Å². The van der Waals surface area contributed by atoms with Crippen LogP contribution in [0.2, 0.25) is 5.02 Å². The lowest BCUT2D eigenvalue weighted by Gasteiger charge is -2.34. The number of carbonyl (C=O) groups excluding carboxylic acids is 1. The quantitative estimate of drug-likeness (QED) is 0.777. The maximum absolute atomic E-state index is 12.7. The van der Waals surface area contributed by atoms with E-state index in [-0.39, 0.29) is 5.91 Å². The van der Waals surface area contributed by atoms with Crippen molar-refractivity contribution in [2.24, 2.45) is 0 Å². The van der Waals surface area contributed by atoms with Crippen molar-refractivity contribution in [3.05, 3.63) is 64.7 Å². The van der Waals surface area contributed by atoms with Crippen LogP contribution >= 0.6 is 11.6 Å². The molecule has 0 spiro atoms. The van der Waals surface area contributed by atoms with Gasteiger partial charge in [0.25, 0.3) is 5.91 Å². The number of halogens is 1. The fourth-order valence-corrected chi connectivity index (χ4v) is 4.72. The van der Waals surface area contributed by atoms with Crippen molar-refractivity contribution in [2.75, 3.05) is 39.3 Å². The zero-order chi connectivity index (χ0) is 20.1. The molecule has 0 aliphatic carbocycles. The Bertz CT molecular complexity index is 924. The molecular formula is C20H24ClN3O3S. The minimum absolute atomic E-state index is 0.164. The number of hydrogen-bond donors (Lipinski definition) is 1. The predicted molar refractivity (Wildman–Crippen MR) is 110 cm³/mol. The minimum atomic E-state index is -3.45. The molecule has 1 amide bonds. The molecule has 1 aliphatic rings. The first kappa shape index (κ1) is 20.8. The van der Waals surface area contributed by atoms with Gasteiger partial charge in [-0.3, -0.25) is 9.69 Å². The van der Waals surface area contributed by atoms with Crippen LogP contribution in [0.15, 0.2) is 53.4 Å². The van der Waals surface area contributed by atoms with Gasteiger partial charge < -0.3 is 5.32 Å². The number of amides is 1. The lowest BCUT2D eigenvalue weighted by Crippen LogP contribution is -2.50. The van der Waals surface area contributed by atoms with Gasteiger partial charge in [0.1, 0.15) is 0 Å². The van der Waals surface area contributed by atoms with E-state index in [1.165, 1.54) is 4.31 Å². The van der Waals surface area contributed by atoms with Crippen LogP contribution in [-0.2, 0) is 10.0 Å². The number of carbonyl (C=O) groups is 1. The number of aryl methyl sites for hydroxylation is 1. The van der Waals surface area contributed by atoms with E-state index < -0.39 is 10.0 Å². The number of benzene rings is 2. The van der Waals surface area contributed by atoms with Gasteiger partial charge >= 0.3 is 0 Å². The standard InChI is InChI=1S/C20H24ClN3O3S/c1-16-5-7-19(8-6-16)28(26,27)24-13-11-23(12-14-24)10-9-22-20(25)17-3-2-4-18(21)15-17/h2-8,15H,9-14H2,1H3,(H,22,25). The predicted octanol–water partition coefficient (Wildman–Crippen LogP) is 2.38. The van der Waals surface area contributed by atoms with Crippen molar-refractivity contribution in [2.45, 2.75) is 11.8 Å². The van der Waals surface area contributed by atoms with Gasteiger partial charge in [-0.1, -0.05) is 35.4 Å². The Morgan fingerprint density at radius 1 is 1.07 bits per heavy atom. The van der Waals surface area contributed by atoms with Crippen molar-refractivity contribution < 1.29 is 13.2 Å². The summed E-state index contributed by atoms with van der Waals surface area (Å²) in [6, 6.07) is 13.7. The highest BCUT2D eigenvalue weighted by molar-refractivity contribution is 7.89. The summed E-state index contributed by atoms with van der Waals surface area (Å²) in [5.74, 6) is -0.164. The summed E-state index contributed by atoms with van der Waals surface area (Å²) in [7, 11) is -3.45. The molecule has 2 aromatic carbocycles. The van der Waals surface area contributed by atoms with Gasteiger partial charge in [0, 0.05) is 49.9 Å². The molecule has 0 bridgehead atoms. The van der Waals surface area contributed by atoms with Crippen molar-refractivity contribution in [3.8, 4) is 0 Å². The largest absolute Gasteiger partial charge is 0.351 e. The van der Waals surface area contributed by atoms with Crippen LogP contribution < -0.4 is 5.32 Å². The Morgan fingerprint density at radius 2 is 1.75 bits per heavy atom. The second-order valence-electron chi connectivity index (χ2n) is 6.83. The smallest absolute Gasteiger partial charge is 0.251 e. The third-order valence-corrected chi connectivity index (χ3v) is 6.94.